The molecule has 0 unspecified atom stereocenters. The van der Waals surface area contributed by atoms with Crippen molar-refractivity contribution in [1.29, 1.82) is 0 Å². The summed E-state index contributed by atoms with van der Waals surface area (Å²) < 4.78 is 0. The highest BCUT2D eigenvalue weighted by Crippen LogP contribution is 2.17. The van der Waals surface area contributed by atoms with Gasteiger partial charge >= 0.3 is 12.0 Å². The van der Waals surface area contributed by atoms with Gasteiger partial charge in [0.2, 0.25) is 0 Å². The Morgan fingerprint density at radius 2 is 1.67 bits per heavy atom. The van der Waals surface area contributed by atoms with Gasteiger partial charge in [0.05, 0.1) is 5.92 Å². The maximum atomic E-state index is 12.0. The van der Waals surface area contributed by atoms with Crippen molar-refractivity contribution in [2.45, 2.75) is 12.8 Å². The molecule has 0 atom stereocenters. The fourth-order valence-electron chi connectivity index (χ4n) is 2.49. The zero-order chi connectivity index (χ0) is 17.5. The average molecular weight is 354 g/mol. The first kappa shape index (κ1) is 18.1. The molecule has 0 radical (unpaired) electrons. The van der Waals surface area contributed by atoms with Crippen molar-refractivity contribution in [3.05, 3.63) is 34.9 Å². The molecule has 8 heteroatoms. The molecule has 0 aromatic heterocycles. The normalized spacial score (nSPS) is 15.0. The molecule has 7 nitrogen and oxygen atoms in total. The van der Waals surface area contributed by atoms with Crippen LogP contribution in [-0.4, -0.2) is 54.1 Å². The Hall–Kier alpha value is -2.28. The topological polar surface area (TPSA) is 98.7 Å². The van der Waals surface area contributed by atoms with Gasteiger partial charge in [-0.3, -0.25) is 9.59 Å². The Balaban J connectivity index is 1.65. The van der Waals surface area contributed by atoms with Gasteiger partial charge in [-0.1, -0.05) is 11.6 Å². The van der Waals surface area contributed by atoms with Crippen LogP contribution in [0.1, 0.15) is 23.2 Å². The number of benzene rings is 1. The van der Waals surface area contributed by atoms with Crippen molar-refractivity contribution in [3.8, 4) is 0 Å². The van der Waals surface area contributed by atoms with Gasteiger partial charge in [0.15, 0.2) is 0 Å². The lowest BCUT2D eigenvalue weighted by atomic mass is 9.97. The number of carboxylic acids is 1. The summed E-state index contributed by atoms with van der Waals surface area (Å²) in [6, 6.07) is 6.29. The zero-order valence-electron chi connectivity index (χ0n) is 13.1. The maximum absolute atomic E-state index is 12.0. The molecular weight excluding hydrogens is 334 g/mol. The Morgan fingerprint density at radius 3 is 2.25 bits per heavy atom. The van der Waals surface area contributed by atoms with Crippen LogP contribution in [0, 0.1) is 5.92 Å². The summed E-state index contributed by atoms with van der Waals surface area (Å²) in [5, 5.41) is 14.9. The van der Waals surface area contributed by atoms with Crippen molar-refractivity contribution in [2.75, 3.05) is 26.2 Å². The number of piperidine rings is 1. The number of urea groups is 1. The van der Waals surface area contributed by atoms with Crippen molar-refractivity contribution in [2.24, 2.45) is 5.92 Å². The van der Waals surface area contributed by atoms with Gasteiger partial charge < -0.3 is 20.6 Å². The Bertz CT molecular complexity index is 598. The quantitative estimate of drug-likeness (QED) is 0.700. The molecule has 1 aromatic rings. The highest BCUT2D eigenvalue weighted by Gasteiger charge is 2.26. The summed E-state index contributed by atoms with van der Waals surface area (Å²) in [4.78, 5) is 36.3. The minimum Gasteiger partial charge on any atom is -0.481 e. The number of amides is 3. The lowest BCUT2D eigenvalue weighted by molar-refractivity contribution is -0.143. The lowest BCUT2D eigenvalue weighted by Crippen LogP contribution is -2.47. The van der Waals surface area contributed by atoms with Crippen molar-refractivity contribution in [1.82, 2.24) is 15.5 Å². The fraction of sp³-hybridized carbons (Fsp3) is 0.438. The number of aliphatic carboxylic acids is 1. The molecule has 24 heavy (non-hydrogen) atoms. The molecule has 1 aromatic carbocycles. The third-order valence-electron chi connectivity index (χ3n) is 3.92. The van der Waals surface area contributed by atoms with Gasteiger partial charge in [0.1, 0.15) is 0 Å². The molecule has 0 saturated carbocycles. The van der Waals surface area contributed by atoms with Gasteiger partial charge in [-0.2, -0.15) is 0 Å². The Morgan fingerprint density at radius 1 is 1.08 bits per heavy atom. The second-order valence-corrected chi connectivity index (χ2v) is 6.03. The van der Waals surface area contributed by atoms with E-state index in [1.54, 1.807) is 29.2 Å². The summed E-state index contributed by atoms with van der Waals surface area (Å²) >= 11 is 5.76. The van der Waals surface area contributed by atoms with Crippen LogP contribution in [0.4, 0.5) is 4.79 Å². The summed E-state index contributed by atoms with van der Waals surface area (Å²) in [7, 11) is 0. The van der Waals surface area contributed by atoms with Crippen LogP contribution in [0.15, 0.2) is 24.3 Å². The van der Waals surface area contributed by atoms with Gasteiger partial charge in [-0.15, -0.1) is 0 Å². The second kappa shape index (κ2) is 8.54. The first-order valence-corrected chi connectivity index (χ1v) is 8.14. The smallest absolute Gasteiger partial charge is 0.317 e. The van der Waals surface area contributed by atoms with E-state index in [2.05, 4.69) is 10.6 Å². The van der Waals surface area contributed by atoms with E-state index in [9.17, 15) is 14.4 Å². The average Bonchev–Trinajstić information content (AvgIpc) is 2.59. The van der Waals surface area contributed by atoms with E-state index in [1.807, 2.05) is 0 Å². The second-order valence-electron chi connectivity index (χ2n) is 5.59. The number of hydrogen-bond acceptors (Lipinski definition) is 3. The third kappa shape index (κ3) is 5.13. The number of carboxylic acid groups (broad SMARTS) is 1. The monoisotopic (exact) mass is 353 g/mol. The van der Waals surface area contributed by atoms with E-state index in [-0.39, 0.29) is 17.9 Å². The highest BCUT2D eigenvalue weighted by atomic mass is 35.5. The van der Waals surface area contributed by atoms with E-state index in [0.717, 1.165) is 0 Å². The van der Waals surface area contributed by atoms with Gasteiger partial charge in [-0.25, -0.2) is 4.79 Å². The standard InChI is InChI=1S/C16H20ClN3O4/c17-13-3-1-11(2-4-13)14(21)18-7-8-19-16(24)20-9-5-12(6-10-20)15(22)23/h1-4,12H,5-10H2,(H,18,21)(H,19,24)(H,22,23). The summed E-state index contributed by atoms with van der Waals surface area (Å²) in [5.74, 6) is -1.41. The van der Waals surface area contributed by atoms with Crippen molar-refractivity contribution in [3.63, 3.8) is 0 Å². The minimum atomic E-state index is -0.806. The molecule has 1 saturated heterocycles. The molecule has 1 aliphatic rings. The van der Waals surface area contributed by atoms with Crippen LogP contribution in [0.5, 0.6) is 0 Å². The van der Waals surface area contributed by atoms with Crippen LogP contribution in [0.3, 0.4) is 0 Å². The molecule has 3 amide bonds. The molecule has 3 N–H and O–H groups in total. The fourth-order valence-corrected chi connectivity index (χ4v) is 2.62. The Labute approximate surface area is 145 Å². The number of carbonyl (C=O) groups is 3. The molecule has 130 valence electrons. The first-order chi connectivity index (χ1) is 11.5. The number of nitrogens with one attached hydrogen (secondary N) is 2. The van der Waals surface area contributed by atoms with Crippen LogP contribution in [-0.2, 0) is 4.79 Å². The molecule has 1 heterocycles. The number of nitrogens with zero attached hydrogens (tertiary/aromatic N) is 1. The Kier molecular flexibility index (Phi) is 6.43. The van der Waals surface area contributed by atoms with E-state index in [1.165, 1.54) is 0 Å². The van der Waals surface area contributed by atoms with Gasteiger partial charge in [0.25, 0.3) is 5.91 Å². The van der Waals surface area contributed by atoms with Crippen LogP contribution in [0.25, 0.3) is 0 Å². The predicted molar refractivity (Wildman–Crippen MR) is 89.1 cm³/mol. The molecule has 1 fully saturated rings. The first-order valence-electron chi connectivity index (χ1n) is 7.76. The minimum absolute atomic E-state index is 0.233. The van der Waals surface area contributed by atoms with Crippen molar-refractivity contribution >= 4 is 29.5 Å². The van der Waals surface area contributed by atoms with E-state index < -0.39 is 5.97 Å². The van der Waals surface area contributed by atoms with E-state index in [0.29, 0.717) is 49.6 Å². The number of halogens is 1. The summed E-state index contributed by atoms with van der Waals surface area (Å²) in [5.41, 5.74) is 0.501. The number of rotatable bonds is 5. The molecule has 1 aliphatic heterocycles. The van der Waals surface area contributed by atoms with Crippen LogP contribution in [0.2, 0.25) is 5.02 Å². The SMILES string of the molecule is O=C(NCCNC(=O)N1CCC(C(=O)O)CC1)c1ccc(Cl)cc1. The molecule has 0 spiro atoms. The number of carbonyl (C=O) groups excluding carboxylic acids is 2. The molecule has 2 rings (SSSR count). The summed E-state index contributed by atoms with van der Waals surface area (Å²) in [6.45, 7) is 1.47. The van der Waals surface area contributed by atoms with Crippen LogP contribution >= 0.6 is 11.6 Å². The third-order valence-corrected chi connectivity index (χ3v) is 4.18. The molecule has 0 aliphatic carbocycles. The molecular formula is C16H20ClN3O4. The predicted octanol–water partition coefficient (Wildman–Crippen LogP) is 1.58. The van der Waals surface area contributed by atoms with E-state index >= 15 is 0 Å². The number of hydrogen-bond donors (Lipinski definition) is 3. The molecule has 0 bridgehead atoms. The van der Waals surface area contributed by atoms with Crippen LogP contribution < -0.4 is 10.6 Å². The van der Waals surface area contributed by atoms with Crippen molar-refractivity contribution < 1.29 is 19.5 Å². The largest absolute Gasteiger partial charge is 0.481 e. The zero-order valence-corrected chi connectivity index (χ0v) is 13.9. The maximum Gasteiger partial charge on any atom is 0.317 e. The van der Waals surface area contributed by atoms with Gasteiger partial charge in [0, 0.05) is 36.8 Å². The highest BCUT2D eigenvalue weighted by molar-refractivity contribution is 6.30. The number of likely N-dealkylation sites (tertiary alicyclic amines) is 1. The van der Waals surface area contributed by atoms with Gasteiger partial charge in [-0.05, 0) is 37.1 Å². The van der Waals surface area contributed by atoms with E-state index in [4.69, 9.17) is 16.7 Å². The lowest BCUT2D eigenvalue weighted by Gasteiger charge is -2.30. The summed E-state index contributed by atoms with van der Waals surface area (Å²) in [6.07, 6.45) is 0.937.